The number of esters is 1. The summed E-state index contributed by atoms with van der Waals surface area (Å²) in [6.45, 7) is 5.94. The Kier molecular flexibility index (Phi) is 5.89. The van der Waals surface area contributed by atoms with Gasteiger partial charge in [0, 0.05) is 11.3 Å². The fourth-order valence-corrected chi connectivity index (χ4v) is 2.98. The molecule has 3 aromatic rings. The van der Waals surface area contributed by atoms with Gasteiger partial charge < -0.3 is 10.1 Å². The monoisotopic (exact) mass is 377 g/mol. The molecule has 0 radical (unpaired) electrons. The lowest BCUT2D eigenvalue weighted by molar-refractivity contribution is 0.0525. The summed E-state index contributed by atoms with van der Waals surface area (Å²) >= 11 is 0. The lowest BCUT2D eigenvalue weighted by Gasteiger charge is -2.10. The number of benzene rings is 2. The summed E-state index contributed by atoms with van der Waals surface area (Å²) in [5.74, 6) is -0.561. The number of anilines is 1. The van der Waals surface area contributed by atoms with E-state index in [4.69, 9.17) is 4.74 Å². The summed E-state index contributed by atoms with van der Waals surface area (Å²) in [6, 6.07) is 14.8. The summed E-state index contributed by atoms with van der Waals surface area (Å²) < 4.78 is 6.69. The van der Waals surface area contributed by atoms with Crippen molar-refractivity contribution in [1.82, 2.24) is 9.78 Å². The molecule has 0 bridgehead atoms. The van der Waals surface area contributed by atoms with Gasteiger partial charge in [0.05, 0.1) is 24.2 Å². The van der Waals surface area contributed by atoms with Crippen LogP contribution in [0.2, 0.25) is 0 Å². The third kappa shape index (κ3) is 3.96. The van der Waals surface area contributed by atoms with Gasteiger partial charge in [-0.15, -0.1) is 0 Å². The number of para-hydroxylation sites is 1. The van der Waals surface area contributed by atoms with E-state index in [2.05, 4.69) is 17.3 Å². The first kappa shape index (κ1) is 19.4. The van der Waals surface area contributed by atoms with Crippen LogP contribution in [0.25, 0.3) is 5.69 Å². The zero-order valence-corrected chi connectivity index (χ0v) is 16.2. The van der Waals surface area contributed by atoms with Crippen LogP contribution < -0.4 is 5.32 Å². The predicted molar refractivity (Wildman–Crippen MR) is 108 cm³/mol. The topological polar surface area (TPSA) is 73.2 Å². The lowest BCUT2D eigenvalue weighted by Crippen LogP contribution is -2.13. The first-order valence-electron chi connectivity index (χ1n) is 9.26. The number of aryl methyl sites for hydroxylation is 1. The smallest absolute Gasteiger partial charge is 0.341 e. The molecule has 1 aromatic heterocycles. The summed E-state index contributed by atoms with van der Waals surface area (Å²) in [6.07, 6.45) is 2.34. The molecule has 6 nitrogen and oxygen atoms in total. The highest BCUT2D eigenvalue weighted by Crippen LogP contribution is 2.19. The molecule has 0 aliphatic carbocycles. The third-order valence-corrected chi connectivity index (χ3v) is 4.53. The SMILES string of the molecule is CCOC(=O)c1cnn(-c2ccc(C(=O)Nc3ccccc3CC)cc2)c1C. The predicted octanol–water partition coefficient (Wildman–Crippen LogP) is 4.17. The Morgan fingerprint density at radius 3 is 2.46 bits per heavy atom. The Bertz CT molecular complexity index is 991. The van der Waals surface area contributed by atoms with Crippen molar-refractivity contribution >= 4 is 17.6 Å². The van der Waals surface area contributed by atoms with Crippen molar-refractivity contribution in [3.63, 3.8) is 0 Å². The maximum Gasteiger partial charge on any atom is 0.341 e. The van der Waals surface area contributed by atoms with Crippen molar-refractivity contribution < 1.29 is 14.3 Å². The maximum atomic E-state index is 12.6. The first-order chi connectivity index (χ1) is 13.5. The minimum absolute atomic E-state index is 0.170. The molecule has 0 unspecified atom stereocenters. The van der Waals surface area contributed by atoms with Crippen LogP contribution in [-0.4, -0.2) is 28.3 Å². The van der Waals surface area contributed by atoms with Crippen LogP contribution in [0.4, 0.5) is 5.69 Å². The van der Waals surface area contributed by atoms with Gasteiger partial charge in [-0.3, -0.25) is 4.79 Å². The second-order valence-corrected chi connectivity index (χ2v) is 6.29. The highest BCUT2D eigenvalue weighted by atomic mass is 16.5. The van der Waals surface area contributed by atoms with E-state index in [0.717, 1.165) is 23.4 Å². The van der Waals surface area contributed by atoms with E-state index in [1.165, 1.54) is 6.20 Å². The van der Waals surface area contributed by atoms with Gasteiger partial charge in [0.25, 0.3) is 5.91 Å². The first-order valence-corrected chi connectivity index (χ1v) is 9.26. The fraction of sp³-hybridized carbons (Fsp3) is 0.227. The molecule has 6 heteroatoms. The number of amides is 1. The quantitative estimate of drug-likeness (QED) is 0.654. The molecule has 0 saturated carbocycles. The molecule has 1 N–H and O–H groups in total. The second kappa shape index (κ2) is 8.52. The molecule has 0 saturated heterocycles. The van der Waals surface area contributed by atoms with Crippen molar-refractivity contribution in [3.05, 3.63) is 77.1 Å². The number of nitrogens with one attached hydrogen (secondary N) is 1. The number of carbonyl (C=O) groups is 2. The second-order valence-electron chi connectivity index (χ2n) is 6.29. The van der Waals surface area contributed by atoms with Crippen LogP contribution in [-0.2, 0) is 11.2 Å². The Hall–Kier alpha value is -3.41. The fourth-order valence-electron chi connectivity index (χ4n) is 2.98. The molecule has 144 valence electrons. The van der Waals surface area contributed by atoms with Crippen molar-refractivity contribution in [1.29, 1.82) is 0 Å². The number of nitrogens with zero attached hydrogens (tertiary/aromatic N) is 2. The van der Waals surface area contributed by atoms with E-state index in [9.17, 15) is 9.59 Å². The molecule has 1 amide bonds. The summed E-state index contributed by atoms with van der Waals surface area (Å²) in [5, 5.41) is 7.23. The van der Waals surface area contributed by atoms with E-state index in [1.807, 2.05) is 31.2 Å². The Morgan fingerprint density at radius 1 is 1.07 bits per heavy atom. The van der Waals surface area contributed by atoms with Crippen LogP contribution in [0.1, 0.15) is 45.8 Å². The van der Waals surface area contributed by atoms with Crippen molar-refractivity contribution in [3.8, 4) is 5.69 Å². The zero-order valence-electron chi connectivity index (χ0n) is 16.2. The van der Waals surface area contributed by atoms with E-state index in [1.54, 1.807) is 35.9 Å². The standard InChI is InChI=1S/C22H23N3O3/c1-4-16-8-6-7-9-20(16)24-21(26)17-10-12-18(13-11-17)25-15(3)19(14-23-25)22(27)28-5-2/h6-14H,4-5H2,1-3H3,(H,24,26). The maximum absolute atomic E-state index is 12.6. The van der Waals surface area contributed by atoms with E-state index in [0.29, 0.717) is 23.4 Å². The average molecular weight is 377 g/mol. The van der Waals surface area contributed by atoms with E-state index < -0.39 is 5.97 Å². The molecule has 0 atom stereocenters. The average Bonchev–Trinajstić information content (AvgIpc) is 3.10. The van der Waals surface area contributed by atoms with Crippen LogP contribution in [0.5, 0.6) is 0 Å². The van der Waals surface area contributed by atoms with Crippen molar-refractivity contribution in [2.75, 3.05) is 11.9 Å². The van der Waals surface area contributed by atoms with Crippen LogP contribution in [0.3, 0.4) is 0 Å². The van der Waals surface area contributed by atoms with Crippen molar-refractivity contribution in [2.45, 2.75) is 27.2 Å². The summed E-state index contributed by atoms with van der Waals surface area (Å²) in [7, 11) is 0. The number of rotatable bonds is 6. The largest absolute Gasteiger partial charge is 0.462 e. The van der Waals surface area contributed by atoms with Crippen LogP contribution >= 0.6 is 0 Å². The zero-order chi connectivity index (χ0) is 20.1. The molecule has 0 fully saturated rings. The lowest BCUT2D eigenvalue weighted by atomic mass is 10.1. The van der Waals surface area contributed by atoms with Gasteiger partial charge in [0.15, 0.2) is 0 Å². The number of carbonyl (C=O) groups excluding carboxylic acids is 2. The molecule has 0 spiro atoms. The van der Waals surface area contributed by atoms with Gasteiger partial charge in [-0.25, -0.2) is 9.48 Å². The number of hydrogen-bond donors (Lipinski definition) is 1. The molecule has 2 aromatic carbocycles. The molecule has 1 heterocycles. The molecule has 0 aliphatic rings. The Morgan fingerprint density at radius 2 is 1.79 bits per heavy atom. The van der Waals surface area contributed by atoms with Gasteiger partial charge in [0.1, 0.15) is 5.56 Å². The number of hydrogen-bond acceptors (Lipinski definition) is 4. The van der Waals surface area contributed by atoms with Gasteiger partial charge in [-0.05, 0) is 56.2 Å². The van der Waals surface area contributed by atoms with Crippen molar-refractivity contribution in [2.24, 2.45) is 0 Å². The van der Waals surface area contributed by atoms with Gasteiger partial charge in [-0.2, -0.15) is 5.10 Å². The van der Waals surface area contributed by atoms with Gasteiger partial charge in [0.2, 0.25) is 0 Å². The van der Waals surface area contributed by atoms with Gasteiger partial charge >= 0.3 is 5.97 Å². The molecular formula is C22H23N3O3. The molecule has 0 aliphatic heterocycles. The van der Waals surface area contributed by atoms with Crippen LogP contribution in [0.15, 0.2) is 54.7 Å². The number of ether oxygens (including phenoxy) is 1. The highest BCUT2D eigenvalue weighted by molar-refractivity contribution is 6.04. The summed E-state index contributed by atoms with van der Waals surface area (Å²) in [4.78, 5) is 24.5. The van der Waals surface area contributed by atoms with Gasteiger partial charge in [-0.1, -0.05) is 25.1 Å². The highest BCUT2D eigenvalue weighted by Gasteiger charge is 2.16. The minimum Gasteiger partial charge on any atom is -0.462 e. The van der Waals surface area contributed by atoms with E-state index >= 15 is 0 Å². The Balaban J connectivity index is 1.78. The minimum atomic E-state index is -0.392. The number of aromatic nitrogens is 2. The van der Waals surface area contributed by atoms with Crippen LogP contribution in [0, 0.1) is 6.92 Å². The molecule has 28 heavy (non-hydrogen) atoms. The third-order valence-electron chi connectivity index (χ3n) is 4.53. The molecular weight excluding hydrogens is 354 g/mol. The van der Waals surface area contributed by atoms with E-state index in [-0.39, 0.29) is 5.91 Å². The molecule has 3 rings (SSSR count). The normalized spacial score (nSPS) is 10.5. The Labute approximate surface area is 164 Å². The summed E-state index contributed by atoms with van der Waals surface area (Å²) in [5.41, 5.74) is 4.34.